The quantitative estimate of drug-likeness (QED) is 0.608. The van der Waals surface area contributed by atoms with Crippen LogP contribution in [0, 0.1) is 0 Å². The Morgan fingerprint density at radius 3 is 2.78 bits per heavy atom. The van der Waals surface area contributed by atoms with E-state index in [4.69, 9.17) is 4.74 Å². The first kappa shape index (κ1) is 19.0. The average molecular weight is 404 g/mol. The lowest BCUT2D eigenvalue weighted by Gasteiger charge is -2.09. The van der Waals surface area contributed by atoms with E-state index in [2.05, 4.69) is 14.4 Å². The van der Waals surface area contributed by atoms with Gasteiger partial charge in [-0.1, -0.05) is 18.2 Å². The number of rotatable bonds is 7. The Bertz CT molecular complexity index is 1030. The summed E-state index contributed by atoms with van der Waals surface area (Å²) >= 11 is 1.01. The van der Waals surface area contributed by atoms with Gasteiger partial charge in [-0.3, -0.25) is 0 Å². The van der Waals surface area contributed by atoms with Crippen molar-refractivity contribution in [1.29, 1.82) is 0 Å². The van der Waals surface area contributed by atoms with Gasteiger partial charge in [0.15, 0.2) is 0 Å². The Morgan fingerprint density at radius 1 is 1.19 bits per heavy atom. The number of aromatic nitrogens is 1. The zero-order chi connectivity index (χ0) is 19.3. The molecule has 140 valence electrons. The Labute approximate surface area is 160 Å². The summed E-state index contributed by atoms with van der Waals surface area (Å²) in [6.07, 6.45) is 1.62. The van der Waals surface area contributed by atoms with Crippen LogP contribution in [0.4, 0.5) is 0 Å². The molecule has 0 bridgehead atoms. The molecule has 7 nitrogen and oxygen atoms in total. The zero-order valence-electron chi connectivity index (χ0n) is 14.3. The van der Waals surface area contributed by atoms with Crippen LogP contribution in [0.5, 0.6) is 11.6 Å². The molecule has 1 aromatic carbocycles. The summed E-state index contributed by atoms with van der Waals surface area (Å²) in [5.41, 5.74) is 0.696. The van der Waals surface area contributed by atoms with Crippen molar-refractivity contribution in [2.75, 3.05) is 7.11 Å². The van der Waals surface area contributed by atoms with Crippen LogP contribution in [-0.4, -0.2) is 26.5 Å². The average Bonchev–Trinajstić information content (AvgIpc) is 3.18. The summed E-state index contributed by atoms with van der Waals surface area (Å²) in [5.74, 6) is 0.295. The molecule has 0 saturated carbocycles. The lowest BCUT2D eigenvalue weighted by molar-refractivity contribution is 0.0602. The van der Waals surface area contributed by atoms with Crippen molar-refractivity contribution in [2.24, 2.45) is 0 Å². The van der Waals surface area contributed by atoms with Crippen molar-refractivity contribution in [3.8, 4) is 11.6 Å². The van der Waals surface area contributed by atoms with Crippen LogP contribution in [0.3, 0.4) is 0 Å². The molecule has 27 heavy (non-hydrogen) atoms. The molecular formula is C18H16N2O5S2. The molecule has 2 heterocycles. The highest BCUT2D eigenvalue weighted by atomic mass is 32.2. The molecular weight excluding hydrogens is 388 g/mol. The second kappa shape index (κ2) is 8.30. The van der Waals surface area contributed by atoms with Crippen molar-refractivity contribution in [1.82, 2.24) is 9.71 Å². The summed E-state index contributed by atoms with van der Waals surface area (Å²) in [4.78, 5) is 15.7. The number of methoxy groups -OCH3 is 1. The van der Waals surface area contributed by atoms with Crippen molar-refractivity contribution >= 4 is 27.3 Å². The number of sulfonamides is 1. The summed E-state index contributed by atoms with van der Waals surface area (Å²) in [6.45, 7) is 0.0399. The number of benzene rings is 1. The number of ether oxygens (including phenoxy) is 2. The van der Waals surface area contributed by atoms with E-state index in [0.29, 0.717) is 17.2 Å². The number of thiophene rings is 1. The molecule has 0 unspecified atom stereocenters. The highest BCUT2D eigenvalue weighted by molar-refractivity contribution is 7.89. The van der Waals surface area contributed by atoms with Crippen LogP contribution >= 0.6 is 11.3 Å². The minimum atomic E-state index is -3.87. The van der Waals surface area contributed by atoms with Crippen LogP contribution in [0.1, 0.15) is 15.2 Å². The number of carbonyl (C=O) groups excluding carboxylic acids is 1. The largest absolute Gasteiger partial charge is 0.465 e. The Kier molecular flexibility index (Phi) is 5.84. The van der Waals surface area contributed by atoms with Gasteiger partial charge in [-0.15, -0.1) is 11.3 Å². The highest BCUT2D eigenvalue weighted by Gasteiger charge is 2.24. The number of nitrogens with one attached hydrogen (secondary N) is 1. The van der Waals surface area contributed by atoms with Crippen molar-refractivity contribution in [3.05, 3.63) is 70.5 Å². The van der Waals surface area contributed by atoms with Gasteiger partial charge in [0, 0.05) is 18.8 Å². The lowest BCUT2D eigenvalue weighted by Crippen LogP contribution is -2.24. The second-order valence-corrected chi connectivity index (χ2v) is 8.00. The normalized spacial score (nSPS) is 11.1. The van der Waals surface area contributed by atoms with E-state index < -0.39 is 16.0 Å². The third-order valence-corrected chi connectivity index (χ3v) is 5.98. The predicted molar refractivity (Wildman–Crippen MR) is 100 cm³/mol. The van der Waals surface area contributed by atoms with Crippen molar-refractivity contribution in [2.45, 2.75) is 11.4 Å². The fourth-order valence-corrected chi connectivity index (χ4v) is 4.60. The third-order valence-electron chi connectivity index (χ3n) is 3.51. The zero-order valence-corrected chi connectivity index (χ0v) is 15.9. The van der Waals surface area contributed by atoms with Gasteiger partial charge in [-0.25, -0.2) is 22.9 Å². The highest BCUT2D eigenvalue weighted by Crippen LogP contribution is 2.24. The minimum absolute atomic E-state index is 0.0391. The number of hydrogen-bond donors (Lipinski definition) is 1. The monoisotopic (exact) mass is 404 g/mol. The van der Waals surface area contributed by atoms with E-state index in [-0.39, 0.29) is 16.3 Å². The molecule has 3 aromatic rings. The van der Waals surface area contributed by atoms with E-state index in [1.165, 1.54) is 18.6 Å². The summed E-state index contributed by atoms with van der Waals surface area (Å²) in [5, 5.41) is 1.53. The van der Waals surface area contributed by atoms with Crippen molar-refractivity contribution < 1.29 is 22.7 Å². The molecule has 2 aromatic heterocycles. The Hall–Kier alpha value is -2.75. The van der Waals surface area contributed by atoms with Gasteiger partial charge in [0.1, 0.15) is 15.5 Å². The van der Waals surface area contributed by atoms with E-state index >= 15 is 0 Å². The first-order chi connectivity index (χ1) is 13.0. The van der Waals surface area contributed by atoms with Gasteiger partial charge in [0.2, 0.25) is 15.9 Å². The Balaban J connectivity index is 1.72. The maximum Gasteiger partial charge on any atom is 0.349 e. The number of hydrogen-bond acceptors (Lipinski definition) is 7. The van der Waals surface area contributed by atoms with Crippen LogP contribution in [0.2, 0.25) is 0 Å². The fraction of sp³-hybridized carbons (Fsp3) is 0.111. The fourth-order valence-electron chi connectivity index (χ4n) is 2.25. The van der Waals surface area contributed by atoms with Crippen molar-refractivity contribution in [3.63, 3.8) is 0 Å². The van der Waals surface area contributed by atoms with Gasteiger partial charge in [0.05, 0.1) is 7.11 Å². The summed E-state index contributed by atoms with van der Waals surface area (Å²) < 4.78 is 37.8. The first-order valence-electron chi connectivity index (χ1n) is 7.83. The van der Waals surface area contributed by atoms with Crippen LogP contribution < -0.4 is 9.46 Å². The van der Waals surface area contributed by atoms with E-state index in [1.807, 2.05) is 0 Å². The molecule has 0 atom stereocenters. The Morgan fingerprint density at radius 2 is 2.04 bits per heavy atom. The number of carbonyl (C=O) groups is 1. The first-order valence-corrected chi connectivity index (χ1v) is 10.2. The molecule has 0 amide bonds. The SMILES string of the molecule is COC(=O)c1sccc1S(=O)(=O)NCc1cccc(Oc2ccccn2)c1. The van der Waals surface area contributed by atoms with E-state index in [0.717, 1.165) is 11.3 Å². The second-order valence-electron chi connectivity index (χ2n) is 5.35. The third kappa shape index (κ3) is 4.70. The molecule has 0 aliphatic heterocycles. The minimum Gasteiger partial charge on any atom is -0.465 e. The molecule has 0 saturated heterocycles. The van der Waals surface area contributed by atoms with Crippen LogP contribution in [0.15, 0.2) is 65.0 Å². The van der Waals surface area contributed by atoms with Gasteiger partial charge in [-0.05, 0) is 35.2 Å². The molecule has 0 aliphatic rings. The maximum absolute atomic E-state index is 12.5. The predicted octanol–water partition coefficient (Wildman–Crippen LogP) is 3.20. The number of esters is 1. The number of pyridine rings is 1. The molecule has 0 aliphatic carbocycles. The summed E-state index contributed by atoms with van der Waals surface area (Å²) in [7, 11) is -2.66. The molecule has 0 radical (unpaired) electrons. The number of nitrogens with zero attached hydrogens (tertiary/aromatic N) is 1. The van der Waals surface area contributed by atoms with E-state index in [1.54, 1.807) is 48.7 Å². The van der Waals surface area contributed by atoms with Gasteiger partial charge in [-0.2, -0.15) is 0 Å². The molecule has 0 fully saturated rings. The standard InChI is InChI=1S/C18H16N2O5S2/c1-24-18(21)17-15(8-10-26-17)27(22,23)20-12-13-5-4-6-14(11-13)25-16-7-2-3-9-19-16/h2-11,20H,12H2,1H3. The van der Waals surface area contributed by atoms with Gasteiger partial charge in [0.25, 0.3) is 0 Å². The topological polar surface area (TPSA) is 94.6 Å². The van der Waals surface area contributed by atoms with Gasteiger partial charge < -0.3 is 9.47 Å². The summed E-state index contributed by atoms with van der Waals surface area (Å²) in [6, 6.07) is 13.7. The molecule has 0 spiro atoms. The smallest absolute Gasteiger partial charge is 0.349 e. The van der Waals surface area contributed by atoms with E-state index in [9.17, 15) is 13.2 Å². The molecule has 1 N–H and O–H groups in total. The maximum atomic E-state index is 12.5. The molecule has 9 heteroatoms. The lowest BCUT2D eigenvalue weighted by atomic mass is 10.2. The van der Waals surface area contributed by atoms with Crippen LogP contribution in [0.25, 0.3) is 0 Å². The van der Waals surface area contributed by atoms with Gasteiger partial charge >= 0.3 is 5.97 Å². The van der Waals surface area contributed by atoms with Crippen LogP contribution in [-0.2, 0) is 21.3 Å². The molecule has 3 rings (SSSR count).